The molecule has 0 saturated carbocycles. The number of allylic oxidation sites excluding steroid dienone is 1. The zero-order valence-corrected chi connectivity index (χ0v) is 14.0. The van der Waals surface area contributed by atoms with Crippen LogP contribution in [0, 0.1) is 5.82 Å². The molecular weight excluding hydrogens is 384 g/mol. The van der Waals surface area contributed by atoms with E-state index in [1.165, 1.54) is 6.07 Å². The third-order valence-electron chi connectivity index (χ3n) is 3.25. The number of carbonyl (C=O) groups excluding carboxylic acids is 1. The molecule has 0 bridgehead atoms. The van der Waals surface area contributed by atoms with E-state index < -0.39 is 0 Å². The van der Waals surface area contributed by atoms with Crippen LogP contribution in [0.5, 0.6) is 5.75 Å². The average molecular weight is 401 g/mol. The van der Waals surface area contributed by atoms with Crippen LogP contribution in [0.25, 0.3) is 5.70 Å². The van der Waals surface area contributed by atoms with Gasteiger partial charge in [-0.1, -0.05) is 47.4 Å². The number of hydrogen-bond acceptors (Lipinski definition) is 2. The molecule has 1 amide bonds. The summed E-state index contributed by atoms with van der Waals surface area (Å²) >= 11 is 2.12. The second kappa shape index (κ2) is 7.06. The molecule has 0 aliphatic carbocycles. The topological polar surface area (TPSA) is 29.5 Å². The van der Waals surface area contributed by atoms with Crippen LogP contribution >= 0.6 is 22.6 Å². The van der Waals surface area contributed by atoms with Crippen molar-refractivity contribution in [1.82, 2.24) is 4.90 Å². The van der Waals surface area contributed by atoms with Gasteiger partial charge in [0.2, 0.25) is 5.91 Å². The minimum atomic E-state index is -0.388. The van der Waals surface area contributed by atoms with E-state index in [-0.39, 0.29) is 15.6 Å². The van der Waals surface area contributed by atoms with Crippen LogP contribution in [-0.4, -0.2) is 27.9 Å². The normalized spacial score (nSPS) is 18.4. The molecule has 1 aliphatic heterocycles. The lowest BCUT2D eigenvalue weighted by atomic mass is 10.0. The van der Waals surface area contributed by atoms with Gasteiger partial charge in [-0.3, -0.25) is 4.79 Å². The summed E-state index contributed by atoms with van der Waals surface area (Å²) in [5.41, 5.74) is 0.936. The molecule has 0 fully saturated rings. The van der Waals surface area contributed by atoms with Gasteiger partial charge in [0.05, 0.1) is 15.2 Å². The summed E-state index contributed by atoms with van der Waals surface area (Å²) < 4.78 is 19.7. The first kappa shape index (κ1) is 16.0. The summed E-state index contributed by atoms with van der Waals surface area (Å²) in [6.07, 6.45) is 4.11. The Bertz CT molecular complexity index is 586. The Labute approximate surface area is 137 Å². The fraction of sp³-hybridized carbons (Fsp3) is 0.312. The third-order valence-corrected chi connectivity index (χ3v) is 4.29. The Morgan fingerprint density at radius 3 is 3.00 bits per heavy atom. The van der Waals surface area contributed by atoms with Crippen molar-refractivity contribution in [1.29, 1.82) is 0 Å². The first-order chi connectivity index (χ1) is 10.1. The second-order valence-corrected chi connectivity index (χ2v) is 6.09. The zero-order chi connectivity index (χ0) is 15.4. The fourth-order valence-corrected chi connectivity index (χ4v) is 2.89. The van der Waals surface area contributed by atoms with Gasteiger partial charge in [0, 0.05) is 6.54 Å². The van der Waals surface area contributed by atoms with Crippen molar-refractivity contribution < 1.29 is 13.9 Å². The minimum Gasteiger partial charge on any atom is -0.489 e. The van der Waals surface area contributed by atoms with Gasteiger partial charge >= 0.3 is 0 Å². The van der Waals surface area contributed by atoms with Crippen LogP contribution in [0.15, 0.2) is 36.9 Å². The molecule has 3 nitrogen and oxygen atoms in total. The number of benzene rings is 1. The molecular formula is C16H17FINO2. The van der Waals surface area contributed by atoms with Gasteiger partial charge in [-0.15, -0.1) is 0 Å². The predicted octanol–water partition coefficient (Wildman–Crippen LogP) is 3.79. The second-order valence-electron chi connectivity index (χ2n) is 4.59. The number of hydrogen-bond donors (Lipinski definition) is 0. The molecule has 21 heavy (non-hydrogen) atoms. The Balaban J connectivity index is 2.49. The SMILES string of the molecule is C=CCOc1cccc(F)c1C1=CCC(I)C(=O)N1CC. The molecule has 0 saturated heterocycles. The average Bonchev–Trinajstić information content (AvgIpc) is 2.48. The predicted molar refractivity (Wildman–Crippen MR) is 89.9 cm³/mol. The molecule has 0 aromatic heterocycles. The standard InChI is InChI=1S/C16H17FINO2/c1-3-10-21-14-7-5-6-11(17)15(14)13-9-8-12(18)16(20)19(13)4-2/h3,5-7,9,12H,1,4,8,10H2,2H3. The van der Waals surface area contributed by atoms with E-state index >= 15 is 0 Å². The zero-order valence-electron chi connectivity index (χ0n) is 11.8. The largest absolute Gasteiger partial charge is 0.489 e. The number of halogens is 2. The van der Waals surface area contributed by atoms with E-state index in [9.17, 15) is 9.18 Å². The first-order valence-corrected chi connectivity index (χ1v) is 8.02. The Morgan fingerprint density at radius 1 is 1.57 bits per heavy atom. The maximum absolute atomic E-state index is 14.3. The number of nitrogens with zero attached hydrogens (tertiary/aromatic N) is 1. The molecule has 0 spiro atoms. The highest BCUT2D eigenvalue weighted by Gasteiger charge is 2.30. The molecule has 0 radical (unpaired) electrons. The number of rotatable bonds is 5. The van der Waals surface area contributed by atoms with Crippen LogP contribution in [0.4, 0.5) is 4.39 Å². The number of ether oxygens (including phenoxy) is 1. The highest BCUT2D eigenvalue weighted by Crippen LogP contribution is 2.35. The van der Waals surface area contributed by atoms with Gasteiger partial charge in [0.25, 0.3) is 0 Å². The lowest BCUT2D eigenvalue weighted by Gasteiger charge is -2.31. The van der Waals surface area contributed by atoms with Crippen LogP contribution in [0.2, 0.25) is 0 Å². The summed E-state index contributed by atoms with van der Waals surface area (Å²) in [7, 11) is 0. The van der Waals surface area contributed by atoms with Crippen LogP contribution in [0.1, 0.15) is 18.9 Å². The van der Waals surface area contributed by atoms with Crippen molar-refractivity contribution in [3.05, 3.63) is 48.3 Å². The van der Waals surface area contributed by atoms with Crippen molar-refractivity contribution in [2.24, 2.45) is 0 Å². The maximum atomic E-state index is 14.3. The first-order valence-electron chi connectivity index (χ1n) is 6.78. The fourth-order valence-electron chi connectivity index (χ4n) is 2.30. The van der Waals surface area contributed by atoms with E-state index in [2.05, 4.69) is 29.2 Å². The van der Waals surface area contributed by atoms with E-state index in [1.807, 2.05) is 13.0 Å². The minimum absolute atomic E-state index is 0.00789. The summed E-state index contributed by atoms with van der Waals surface area (Å²) in [6, 6.07) is 4.68. The van der Waals surface area contributed by atoms with Crippen molar-refractivity contribution in [3.63, 3.8) is 0 Å². The Morgan fingerprint density at radius 2 is 2.33 bits per heavy atom. The van der Waals surface area contributed by atoms with Crippen LogP contribution in [0.3, 0.4) is 0 Å². The molecule has 1 aromatic carbocycles. The summed E-state index contributed by atoms with van der Waals surface area (Å²) in [4.78, 5) is 13.9. The molecule has 1 unspecified atom stereocenters. The van der Waals surface area contributed by atoms with Gasteiger partial charge in [-0.05, 0) is 25.5 Å². The molecule has 1 atom stereocenters. The van der Waals surface area contributed by atoms with Crippen LogP contribution < -0.4 is 4.74 Å². The molecule has 112 valence electrons. The number of amides is 1. The summed E-state index contributed by atoms with van der Waals surface area (Å²) in [5.74, 6) is 0.0498. The van der Waals surface area contributed by atoms with Crippen molar-refractivity contribution >= 4 is 34.2 Å². The lowest BCUT2D eigenvalue weighted by Crippen LogP contribution is -2.38. The molecule has 0 N–H and O–H groups in total. The van der Waals surface area contributed by atoms with Gasteiger partial charge in [-0.2, -0.15) is 0 Å². The van der Waals surface area contributed by atoms with E-state index in [0.717, 1.165) is 0 Å². The van der Waals surface area contributed by atoms with E-state index in [4.69, 9.17) is 4.74 Å². The highest BCUT2D eigenvalue weighted by atomic mass is 127. The lowest BCUT2D eigenvalue weighted by molar-refractivity contribution is -0.127. The third kappa shape index (κ3) is 3.28. The number of carbonyl (C=O) groups is 1. The monoisotopic (exact) mass is 401 g/mol. The van der Waals surface area contributed by atoms with Gasteiger partial charge in [0.15, 0.2) is 0 Å². The smallest absolute Gasteiger partial charge is 0.240 e. The van der Waals surface area contributed by atoms with E-state index in [0.29, 0.717) is 36.6 Å². The Kier molecular flexibility index (Phi) is 5.39. The number of alkyl halides is 1. The molecule has 1 aliphatic rings. The van der Waals surface area contributed by atoms with Gasteiger partial charge < -0.3 is 9.64 Å². The highest BCUT2D eigenvalue weighted by molar-refractivity contribution is 14.1. The molecule has 5 heteroatoms. The molecule has 1 heterocycles. The van der Waals surface area contributed by atoms with Gasteiger partial charge in [0.1, 0.15) is 18.2 Å². The van der Waals surface area contributed by atoms with Crippen LogP contribution in [-0.2, 0) is 4.79 Å². The quantitative estimate of drug-likeness (QED) is 0.427. The van der Waals surface area contributed by atoms with Crippen molar-refractivity contribution in [3.8, 4) is 5.75 Å². The van der Waals surface area contributed by atoms with E-state index in [1.54, 1.807) is 23.1 Å². The molecule has 1 aromatic rings. The van der Waals surface area contributed by atoms with Crippen molar-refractivity contribution in [2.45, 2.75) is 17.3 Å². The maximum Gasteiger partial charge on any atom is 0.240 e. The molecule has 2 rings (SSSR count). The summed E-state index contributed by atoms with van der Waals surface area (Å²) in [6.45, 7) is 6.26. The van der Waals surface area contributed by atoms with Crippen molar-refractivity contribution in [2.75, 3.05) is 13.2 Å². The summed E-state index contributed by atoms with van der Waals surface area (Å²) in [5, 5.41) is 0. The van der Waals surface area contributed by atoms with Gasteiger partial charge in [-0.25, -0.2) is 4.39 Å². The Hall–Kier alpha value is -1.37.